The normalized spacial score (nSPS) is 13.2. The molecule has 0 aliphatic heterocycles. The first-order chi connectivity index (χ1) is 8.47. The van der Waals surface area contributed by atoms with Crippen molar-refractivity contribution in [3.63, 3.8) is 0 Å². The van der Waals surface area contributed by atoms with Gasteiger partial charge in [-0.15, -0.1) is 6.58 Å². The molecular weight excluding hydrogens is 248 g/mol. The fraction of sp³-hybridized carbons (Fsp3) is 0.385. The minimum absolute atomic E-state index is 0.172. The molecule has 0 saturated carbocycles. The Bertz CT molecular complexity index is 497. The van der Waals surface area contributed by atoms with E-state index in [0.29, 0.717) is 18.0 Å². The van der Waals surface area contributed by atoms with Gasteiger partial charge >= 0.3 is 0 Å². The van der Waals surface area contributed by atoms with Crippen LogP contribution in [-0.2, 0) is 10.0 Å². The highest BCUT2D eigenvalue weighted by atomic mass is 32.2. The van der Waals surface area contributed by atoms with E-state index in [1.807, 2.05) is 13.0 Å². The number of benzene rings is 1. The Kier molecular flexibility index (Phi) is 5.53. The van der Waals surface area contributed by atoms with Crippen LogP contribution in [0.1, 0.15) is 12.5 Å². The molecule has 0 unspecified atom stereocenters. The van der Waals surface area contributed by atoms with Gasteiger partial charge in [0.15, 0.2) is 0 Å². The molecule has 100 valence electrons. The fourth-order valence-corrected chi connectivity index (χ4v) is 3.12. The molecule has 0 aliphatic rings. The molecule has 5 heteroatoms. The van der Waals surface area contributed by atoms with Crippen LogP contribution < -0.4 is 10.0 Å². The average molecular weight is 268 g/mol. The first kappa shape index (κ1) is 14.9. The Morgan fingerprint density at radius 3 is 2.67 bits per heavy atom. The molecule has 0 fully saturated rings. The van der Waals surface area contributed by atoms with E-state index in [-0.39, 0.29) is 6.04 Å². The quantitative estimate of drug-likeness (QED) is 0.581. The van der Waals surface area contributed by atoms with Gasteiger partial charge in [-0.3, -0.25) is 0 Å². The molecule has 0 amide bonds. The van der Waals surface area contributed by atoms with Gasteiger partial charge in [0, 0.05) is 19.1 Å². The minimum atomic E-state index is -3.44. The smallest absolute Gasteiger partial charge is 0.241 e. The van der Waals surface area contributed by atoms with Gasteiger partial charge in [0.1, 0.15) is 0 Å². The van der Waals surface area contributed by atoms with Gasteiger partial charge in [0.25, 0.3) is 0 Å². The number of hydrogen-bond donors (Lipinski definition) is 2. The van der Waals surface area contributed by atoms with Crippen molar-refractivity contribution in [1.29, 1.82) is 0 Å². The van der Waals surface area contributed by atoms with Crippen molar-refractivity contribution in [2.24, 2.45) is 0 Å². The lowest BCUT2D eigenvalue weighted by atomic mass is 10.2. The third-order valence-corrected chi connectivity index (χ3v) is 4.23. The van der Waals surface area contributed by atoms with Crippen molar-refractivity contribution in [2.75, 3.05) is 13.1 Å². The lowest BCUT2D eigenvalue weighted by molar-refractivity contribution is 0.545. The summed E-state index contributed by atoms with van der Waals surface area (Å²) in [5.41, 5.74) is 0.747. The Balaban J connectivity index is 2.71. The Hall–Kier alpha value is -1.17. The van der Waals surface area contributed by atoms with E-state index < -0.39 is 10.0 Å². The molecule has 0 spiro atoms. The number of hydrogen-bond acceptors (Lipinski definition) is 3. The summed E-state index contributed by atoms with van der Waals surface area (Å²) >= 11 is 0. The molecule has 1 atom stereocenters. The van der Waals surface area contributed by atoms with Crippen LogP contribution in [-0.4, -0.2) is 27.5 Å². The zero-order valence-electron chi connectivity index (χ0n) is 10.8. The number of nitrogens with one attached hydrogen (secondary N) is 2. The van der Waals surface area contributed by atoms with Gasteiger partial charge in [-0.05, 0) is 25.5 Å². The summed E-state index contributed by atoms with van der Waals surface area (Å²) in [6.07, 6.45) is 1.74. The highest BCUT2D eigenvalue weighted by Gasteiger charge is 2.18. The highest BCUT2D eigenvalue weighted by Crippen LogP contribution is 2.13. The van der Waals surface area contributed by atoms with E-state index in [2.05, 4.69) is 16.6 Å². The zero-order valence-corrected chi connectivity index (χ0v) is 11.6. The van der Waals surface area contributed by atoms with E-state index in [1.54, 1.807) is 31.2 Å². The van der Waals surface area contributed by atoms with Crippen molar-refractivity contribution >= 4 is 10.0 Å². The summed E-state index contributed by atoms with van der Waals surface area (Å²) in [5.74, 6) is 0. The Morgan fingerprint density at radius 2 is 2.06 bits per heavy atom. The van der Waals surface area contributed by atoms with Gasteiger partial charge in [-0.1, -0.05) is 24.3 Å². The van der Waals surface area contributed by atoms with Crippen LogP contribution in [0, 0.1) is 6.92 Å². The zero-order chi connectivity index (χ0) is 13.6. The van der Waals surface area contributed by atoms with Crippen LogP contribution >= 0.6 is 0 Å². The van der Waals surface area contributed by atoms with Crippen LogP contribution in [0.25, 0.3) is 0 Å². The fourth-order valence-electron chi connectivity index (χ4n) is 1.63. The van der Waals surface area contributed by atoms with E-state index in [4.69, 9.17) is 0 Å². The van der Waals surface area contributed by atoms with Crippen molar-refractivity contribution in [3.8, 4) is 0 Å². The topological polar surface area (TPSA) is 58.2 Å². The van der Waals surface area contributed by atoms with Gasteiger partial charge < -0.3 is 5.32 Å². The maximum Gasteiger partial charge on any atom is 0.241 e. The number of rotatable bonds is 7. The van der Waals surface area contributed by atoms with Gasteiger partial charge in [0.2, 0.25) is 10.0 Å². The van der Waals surface area contributed by atoms with Crippen molar-refractivity contribution in [3.05, 3.63) is 42.5 Å². The molecular formula is C13H20N2O2S. The first-order valence-corrected chi connectivity index (χ1v) is 7.35. The maximum atomic E-state index is 12.1. The Morgan fingerprint density at radius 1 is 1.39 bits per heavy atom. The molecule has 0 saturated heterocycles. The van der Waals surface area contributed by atoms with Crippen LogP contribution in [0.5, 0.6) is 0 Å². The largest absolute Gasteiger partial charge is 0.312 e. The minimum Gasteiger partial charge on any atom is -0.312 e. The maximum absolute atomic E-state index is 12.1. The molecule has 18 heavy (non-hydrogen) atoms. The molecule has 0 aliphatic carbocycles. The lowest BCUT2D eigenvalue weighted by Crippen LogP contribution is -2.40. The van der Waals surface area contributed by atoms with Crippen LogP contribution in [0.4, 0.5) is 0 Å². The third-order valence-electron chi connectivity index (χ3n) is 2.48. The standard InChI is InChI=1S/C13H20N2O2S/c1-4-9-14-10-12(3)15-18(16,17)13-8-6-5-7-11(13)2/h4-8,12,14-15H,1,9-10H2,2-3H3/t12-/m1/s1. The predicted molar refractivity (Wildman–Crippen MR) is 74.0 cm³/mol. The van der Waals surface area contributed by atoms with E-state index in [0.717, 1.165) is 5.56 Å². The Labute approximate surface area is 109 Å². The van der Waals surface area contributed by atoms with Crippen molar-refractivity contribution in [1.82, 2.24) is 10.0 Å². The second-order valence-electron chi connectivity index (χ2n) is 4.23. The number of aryl methyl sites for hydroxylation is 1. The van der Waals surface area contributed by atoms with Gasteiger partial charge in [-0.25, -0.2) is 13.1 Å². The second kappa shape index (κ2) is 6.68. The highest BCUT2D eigenvalue weighted by molar-refractivity contribution is 7.89. The molecule has 0 heterocycles. The SMILES string of the molecule is C=CCNC[C@@H](C)NS(=O)(=O)c1ccccc1C. The summed E-state index contributed by atoms with van der Waals surface area (Å²) in [4.78, 5) is 0.334. The molecule has 0 bridgehead atoms. The molecule has 1 rings (SSSR count). The monoisotopic (exact) mass is 268 g/mol. The summed E-state index contributed by atoms with van der Waals surface area (Å²) < 4.78 is 26.9. The average Bonchev–Trinajstić information content (AvgIpc) is 2.29. The molecule has 1 aromatic carbocycles. The van der Waals surface area contributed by atoms with E-state index in [1.165, 1.54) is 0 Å². The van der Waals surface area contributed by atoms with Crippen LogP contribution in [0.2, 0.25) is 0 Å². The summed E-state index contributed by atoms with van der Waals surface area (Å²) in [7, 11) is -3.44. The second-order valence-corrected chi connectivity index (χ2v) is 5.92. The molecule has 0 radical (unpaired) electrons. The third kappa shape index (κ3) is 4.25. The van der Waals surface area contributed by atoms with E-state index in [9.17, 15) is 8.42 Å². The van der Waals surface area contributed by atoms with Crippen LogP contribution in [0.15, 0.2) is 41.8 Å². The number of sulfonamides is 1. The van der Waals surface area contributed by atoms with Crippen LogP contribution in [0.3, 0.4) is 0 Å². The lowest BCUT2D eigenvalue weighted by Gasteiger charge is -2.15. The van der Waals surface area contributed by atoms with Crippen molar-refractivity contribution in [2.45, 2.75) is 24.8 Å². The molecule has 4 nitrogen and oxygen atoms in total. The van der Waals surface area contributed by atoms with E-state index >= 15 is 0 Å². The van der Waals surface area contributed by atoms with Gasteiger partial charge in [0.05, 0.1) is 4.90 Å². The summed E-state index contributed by atoms with van der Waals surface area (Å²) in [5, 5.41) is 3.08. The van der Waals surface area contributed by atoms with Gasteiger partial charge in [-0.2, -0.15) is 0 Å². The summed E-state index contributed by atoms with van der Waals surface area (Å²) in [6.45, 7) is 8.43. The van der Waals surface area contributed by atoms with Crippen molar-refractivity contribution < 1.29 is 8.42 Å². The predicted octanol–water partition coefficient (Wildman–Crippen LogP) is 1.44. The molecule has 2 N–H and O–H groups in total. The molecule has 0 aromatic heterocycles. The first-order valence-electron chi connectivity index (χ1n) is 5.87. The molecule has 1 aromatic rings. The summed E-state index contributed by atoms with van der Waals surface area (Å²) in [6, 6.07) is 6.78.